The average Bonchev–Trinajstić information content (AvgIpc) is 3.02. The smallest absolute Gasteiger partial charge is 0.326 e. The average molecular weight is 353 g/mol. The lowest BCUT2D eigenvalue weighted by Crippen LogP contribution is -2.53. The van der Waals surface area contributed by atoms with E-state index in [0.29, 0.717) is 30.0 Å². The molecule has 1 unspecified atom stereocenters. The number of halogens is 1. The number of likely N-dealkylation sites (tertiary alicyclic amines) is 1. The SMILES string of the molecule is CC(C)C(NC(=O)c1ccc(Cl)cc1)C(=O)N1CCC[C@H]1C(=O)O. The summed E-state index contributed by atoms with van der Waals surface area (Å²) in [6.07, 6.45) is 1.09. The van der Waals surface area contributed by atoms with Gasteiger partial charge in [0.1, 0.15) is 12.1 Å². The number of amides is 2. The van der Waals surface area contributed by atoms with Crippen molar-refractivity contribution >= 4 is 29.4 Å². The predicted molar refractivity (Wildman–Crippen MR) is 89.9 cm³/mol. The number of aliphatic carboxylic acids is 1. The van der Waals surface area contributed by atoms with Crippen LogP contribution in [0.4, 0.5) is 0 Å². The number of carbonyl (C=O) groups is 3. The van der Waals surface area contributed by atoms with Gasteiger partial charge in [0.05, 0.1) is 0 Å². The van der Waals surface area contributed by atoms with Crippen molar-refractivity contribution in [2.45, 2.75) is 38.8 Å². The van der Waals surface area contributed by atoms with Crippen molar-refractivity contribution in [1.82, 2.24) is 10.2 Å². The van der Waals surface area contributed by atoms with Crippen LogP contribution >= 0.6 is 11.6 Å². The number of carboxylic acid groups (broad SMARTS) is 1. The molecule has 2 N–H and O–H groups in total. The molecular formula is C17H21ClN2O4. The Kier molecular flexibility index (Phi) is 5.83. The highest BCUT2D eigenvalue weighted by molar-refractivity contribution is 6.30. The first-order valence-corrected chi connectivity index (χ1v) is 8.28. The predicted octanol–water partition coefficient (Wildman–Crippen LogP) is 2.17. The Morgan fingerprint density at radius 2 is 1.88 bits per heavy atom. The van der Waals surface area contributed by atoms with Gasteiger partial charge in [-0.3, -0.25) is 9.59 Å². The van der Waals surface area contributed by atoms with Crippen molar-refractivity contribution in [2.24, 2.45) is 5.92 Å². The summed E-state index contributed by atoms with van der Waals surface area (Å²) in [6.45, 7) is 4.03. The van der Waals surface area contributed by atoms with Gasteiger partial charge in [0.25, 0.3) is 5.91 Å². The highest BCUT2D eigenvalue weighted by Crippen LogP contribution is 2.20. The van der Waals surface area contributed by atoms with E-state index < -0.39 is 18.1 Å². The Balaban J connectivity index is 2.14. The number of carboxylic acids is 1. The number of carbonyl (C=O) groups excluding carboxylic acids is 2. The first kappa shape index (κ1) is 18.3. The van der Waals surface area contributed by atoms with E-state index in [0.717, 1.165) is 0 Å². The lowest BCUT2D eigenvalue weighted by molar-refractivity contribution is -0.149. The number of rotatable bonds is 5. The van der Waals surface area contributed by atoms with Gasteiger partial charge in [-0.25, -0.2) is 4.79 Å². The van der Waals surface area contributed by atoms with Gasteiger partial charge in [0.2, 0.25) is 5.91 Å². The number of nitrogens with one attached hydrogen (secondary N) is 1. The zero-order chi connectivity index (χ0) is 17.9. The molecule has 1 heterocycles. The van der Waals surface area contributed by atoms with Crippen LogP contribution in [0.25, 0.3) is 0 Å². The molecule has 0 spiro atoms. The van der Waals surface area contributed by atoms with Gasteiger partial charge in [0, 0.05) is 17.1 Å². The van der Waals surface area contributed by atoms with Crippen LogP contribution in [0, 0.1) is 5.92 Å². The third-order valence-corrected chi connectivity index (χ3v) is 4.40. The van der Waals surface area contributed by atoms with E-state index in [1.54, 1.807) is 24.3 Å². The van der Waals surface area contributed by atoms with Gasteiger partial charge in [-0.1, -0.05) is 25.4 Å². The fraction of sp³-hybridized carbons (Fsp3) is 0.471. The largest absolute Gasteiger partial charge is 0.480 e. The molecular weight excluding hydrogens is 332 g/mol. The van der Waals surface area contributed by atoms with Crippen LogP contribution in [0.1, 0.15) is 37.0 Å². The molecule has 1 fully saturated rings. The molecule has 130 valence electrons. The molecule has 0 radical (unpaired) electrons. The molecule has 2 amide bonds. The Hall–Kier alpha value is -2.08. The third-order valence-electron chi connectivity index (χ3n) is 4.15. The highest BCUT2D eigenvalue weighted by Gasteiger charge is 2.38. The maximum absolute atomic E-state index is 12.7. The van der Waals surface area contributed by atoms with E-state index in [1.807, 2.05) is 13.8 Å². The summed E-state index contributed by atoms with van der Waals surface area (Å²) in [7, 11) is 0. The van der Waals surface area contributed by atoms with Crippen LogP contribution in [0.2, 0.25) is 5.02 Å². The minimum absolute atomic E-state index is 0.163. The van der Waals surface area contributed by atoms with Crippen LogP contribution in [-0.2, 0) is 9.59 Å². The van der Waals surface area contributed by atoms with Crippen LogP contribution < -0.4 is 5.32 Å². The molecule has 2 rings (SSSR count). The van der Waals surface area contributed by atoms with Crippen LogP contribution in [0.15, 0.2) is 24.3 Å². The highest BCUT2D eigenvalue weighted by atomic mass is 35.5. The fourth-order valence-corrected chi connectivity index (χ4v) is 2.93. The molecule has 7 heteroatoms. The summed E-state index contributed by atoms with van der Waals surface area (Å²) >= 11 is 5.81. The van der Waals surface area contributed by atoms with Crippen LogP contribution in [0.5, 0.6) is 0 Å². The second kappa shape index (κ2) is 7.66. The Morgan fingerprint density at radius 1 is 1.25 bits per heavy atom. The van der Waals surface area contributed by atoms with E-state index in [-0.39, 0.29) is 17.7 Å². The second-order valence-electron chi connectivity index (χ2n) is 6.23. The fourth-order valence-electron chi connectivity index (χ4n) is 2.81. The zero-order valence-corrected chi connectivity index (χ0v) is 14.4. The molecule has 0 aromatic heterocycles. The molecule has 1 aromatic rings. The zero-order valence-electron chi connectivity index (χ0n) is 13.7. The Bertz CT molecular complexity index is 630. The lowest BCUT2D eigenvalue weighted by atomic mass is 10.0. The maximum Gasteiger partial charge on any atom is 0.326 e. The Labute approximate surface area is 145 Å². The van der Waals surface area contributed by atoms with Gasteiger partial charge >= 0.3 is 5.97 Å². The van der Waals surface area contributed by atoms with E-state index >= 15 is 0 Å². The molecule has 24 heavy (non-hydrogen) atoms. The summed E-state index contributed by atoms with van der Waals surface area (Å²) in [4.78, 5) is 37.8. The third kappa shape index (κ3) is 4.06. The van der Waals surface area contributed by atoms with Crippen molar-refractivity contribution in [2.75, 3.05) is 6.54 Å². The number of hydrogen-bond acceptors (Lipinski definition) is 3. The molecule has 0 aliphatic carbocycles. The van der Waals surface area contributed by atoms with Gasteiger partial charge < -0.3 is 15.3 Å². The van der Waals surface area contributed by atoms with Crippen molar-refractivity contribution < 1.29 is 19.5 Å². The van der Waals surface area contributed by atoms with Gasteiger partial charge in [0.15, 0.2) is 0 Å². The van der Waals surface area contributed by atoms with Crippen LogP contribution in [0.3, 0.4) is 0 Å². The first-order chi connectivity index (χ1) is 11.3. The van der Waals surface area contributed by atoms with Gasteiger partial charge in [-0.2, -0.15) is 0 Å². The molecule has 1 saturated heterocycles. The maximum atomic E-state index is 12.7. The van der Waals surface area contributed by atoms with E-state index in [1.165, 1.54) is 4.90 Å². The molecule has 6 nitrogen and oxygen atoms in total. The van der Waals surface area contributed by atoms with E-state index in [4.69, 9.17) is 11.6 Å². The van der Waals surface area contributed by atoms with Crippen LogP contribution in [-0.4, -0.2) is 46.4 Å². The number of benzene rings is 1. The van der Waals surface area contributed by atoms with Crippen molar-refractivity contribution in [3.05, 3.63) is 34.9 Å². The normalized spacial score (nSPS) is 18.5. The standard InChI is InChI=1S/C17H21ClN2O4/c1-10(2)14(16(22)20-9-3-4-13(20)17(23)24)19-15(21)11-5-7-12(18)8-6-11/h5-8,10,13-14H,3-4,9H2,1-2H3,(H,19,21)(H,23,24)/t13-,14?/m0/s1. The first-order valence-electron chi connectivity index (χ1n) is 7.91. The second-order valence-corrected chi connectivity index (χ2v) is 6.67. The minimum atomic E-state index is -1.01. The number of nitrogens with zero attached hydrogens (tertiary/aromatic N) is 1. The van der Waals surface area contributed by atoms with Gasteiger partial charge in [-0.15, -0.1) is 0 Å². The molecule has 1 aliphatic rings. The quantitative estimate of drug-likeness (QED) is 0.850. The number of hydrogen-bond donors (Lipinski definition) is 2. The summed E-state index contributed by atoms with van der Waals surface area (Å²) in [5.74, 6) is -1.90. The molecule has 0 bridgehead atoms. The summed E-state index contributed by atoms with van der Waals surface area (Å²) in [5.41, 5.74) is 0.397. The summed E-state index contributed by atoms with van der Waals surface area (Å²) in [5, 5.41) is 12.5. The molecule has 1 aromatic carbocycles. The Morgan fingerprint density at radius 3 is 2.42 bits per heavy atom. The monoisotopic (exact) mass is 352 g/mol. The van der Waals surface area contributed by atoms with Gasteiger partial charge in [-0.05, 0) is 43.0 Å². The molecule has 0 saturated carbocycles. The van der Waals surface area contributed by atoms with Crippen molar-refractivity contribution in [1.29, 1.82) is 0 Å². The minimum Gasteiger partial charge on any atom is -0.480 e. The summed E-state index contributed by atoms with van der Waals surface area (Å²) in [6, 6.07) is 4.78. The van der Waals surface area contributed by atoms with Crippen molar-refractivity contribution in [3.8, 4) is 0 Å². The molecule has 2 atom stereocenters. The topological polar surface area (TPSA) is 86.7 Å². The lowest BCUT2D eigenvalue weighted by Gasteiger charge is -2.29. The molecule has 1 aliphatic heterocycles. The van der Waals surface area contributed by atoms with E-state index in [2.05, 4.69) is 5.32 Å². The summed E-state index contributed by atoms with van der Waals surface area (Å²) < 4.78 is 0. The van der Waals surface area contributed by atoms with Crippen molar-refractivity contribution in [3.63, 3.8) is 0 Å². The van der Waals surface area contributed by atoms with E-state index in [9.17, 15) is 19.5 Å².